The van der Waals surface area contributed by atoms with Gasteiger partial charge >= 0.3 is 0 Å². The number of fused-ring (bicyclic) bond motifs is 1. The highest BCUT2D eigenvalue weighted by atomic mass is 16.3. The van der Waals surface area contributed by atoms with Gasteiger partial charge in [-0.2, -0.15) is 0 Å². The van der Waals surface area contributed by atoms with E-state index in [1.807, 2.05) is 30.6 Å². The number of carbonyl (C=O) groups is 1. The van der Waals surface area contributed by atoms with Crippen LogP contribution < -0.4 is 5.32 Å². The summed E-state index contributed by atoms with van der Waals surface area (Å²) >= 11 is 0. The molecular weight excluding hydrogens is 362 g/mol. The van der Waals surface area contributed by atoms with Crippen molar-refractivity contribution in [3.63, 3.8) is 0 Å². The first-order valence-electron chi connectivity index (χ1n) is 10.5. The molecule has 4 heterocycles. The van der Waals surface area contributed by atoms with Gasteiger partial charge in [-0.1, -0.05) is 30.7 Å². The molecule has 2 atom stereocenters. The zero-order valence-electron chi connectivity index (χ0n) is 16.9. The highest BCUT2D eigenvalue weighted by Crippen LogP contribution is 2.41. The first-order valence-corrected chi connectivity index (χ1v) is 10.5. The van der Waals surface area contributed by atoms with E-state index < -0.39 is 0 Å². The number of furan rings is 1. The smallest absolute Gasteiger partial charge is 0.220 e. The van der Waals surface area contributed by atoms with Gasteiger partial charge in [0.1, 0.15) is 11.3 Å². The molecule has 1 spiro atoms. The summed E-state index contributed by atoms with van der Waals surface area (Å²) in [5.41, 5.74) is 3.14. The Morgan fingerprint density at radius 1 is 1.24 bits per heavy atom. The Kier molecular flexibility index (Phi) is 4.63. The second-order valence-electron chi connectivity index (χ2n) is 8.57. The van der Waals surface area contributed by atoms with E-state index >= 15 is 0 Å². The van der Waals surface area contributed by atoms with E-state index in [9.17, 15) is 4.79 Å². The van der Waals surface area contributed by atoms with Gasteiger partial charge in [-0.15, -0.1) is 0 Å². The molecule has 2 aromatic heterocycles. The molecule has 2 saturated heterocycles. The lowest BCUT2D eigenvalue weighted by Crippen LogP contribution is -2.52. The largest absolute Gasteiger partial charge is 0.459 e. The van der Waals surface area contributed by atoms with Gasteiger partial charge in [0, 0.05) is 43.2 Å². The van der Waals surface area contributed by atoms with Crippen LogP contribution in [0.2, 0.25) is 0 Å². The SMILES string of the molecule is Cc1c(CN2C[C@@H](c3cccnc3)[C@@]3(CCCCC(=O)N3)C2)oc2ccccc12. The number of hydrogen-bond donors (Lipinski definition) is 1. The molecule has 0 unspecified atom stereocenters. The third-order valence-corrected chi connectivity index (χ3v) is 6.68. The monoisotopic (exact) mass is 389 g/mol. The molecule has 0 aliphatic carbocycles. The Labute approximate surface area is 171 Å². The normalized spacial score (nSPS) is 25.4. The lowest BCUT2D eigenvalue weighted by molar-refractivity contribution is -0.122. The summed E-state index contributed by atoms with van der Waals surface area (Å²) in [6, 6.07) is 12.4. The van der Waals surface area contributed by atoms with Crippen molar-refractivity contribution >= 4 is 16.9 Å². The molecule has 2 aliphatic rings. The standard InChI is InChI=1S/C24H27N3O2/c1-17-19-8-2-3-9-21(19)29-22(17)15-27-14-20(18-7-6-12-25-13-18)24(16-27)11-5-4-10-23(28)26-24/h2-3,6-9,12-13,20H,4-5,10-11,14-16H2,1H3,(H,26,28)/t20-,24+/m0/s1. The minimum atomic E-state index is -0.226. The molecule has 5 rings (SSSR count). The zero-order chi connectivity index (χ0) is 19.8. The summed E-state index contributed by atoms with van der Waals surface area (Å²) in [6.07, 6.45) is 7.45. The predicted octanol–water partition coefficient (Wildman–Crippen LogP) is 4.16. The number of nitrogens with zero attached hydrogens (tertiary/aromatic N) is 2. The van der Waals surface area contributed by atoms with Crippen LogP contribution in [0.3, 0.4) is 0 Å². The van der Waals surface area contributed by atoms with Gasteiger partial charge in [-0.25, -0.2) is 0 Å². The average molecular weight is 389 g/mol. The molecule has 0 bridgehead atoms. The minimum Gasteiger partial charge on any atom is -0.459 e. The van der Waals surface area contributed by atoms with Gasteiger partial charge in [0.05, 0.1) is 12.1 Å². The summed E-state index contributed by atoms with van der Waals surface area (Å²) in [5, 5.41) is 4.60. The second kappa shape index (κ2) is 7.30. The van der Waals surface area contributed by atoms with E-state index in [1.54, 1.807) is 0 Å². The number of benzene rings is 1. The number of aryl methyl sites for hydroxylation is 1. The number of hydrogen-bond acceptors (Lipinski definition) is 4. The summed E-state index contributed by atoms with van der Waals surface area (Å²) in [5.74, 6) is 1.44. The highest BCUT2D eigenvalue weighted by molar-refractivity contribution is 5.81. The van der Waals surface area contributed by atoms with Crippen LogP contribution in [0.5, 0.6) is 0 Å². The summed E-state index contributed by atoms with van der Waals surface area (Å²) in [4.78, 5) is 19.3. The topological polar surface area (TPSA) is 58.4 Å². The van der Waals surface area contributed by atoms with E-state index in [0.717, 1.165) is 50.2 Å². The number of likely N-dealkylation sites (tertiary alicyclic amines) is 1. The van der Waals surface area contributed by atoms with Gasteiger partial charge in [0.15, 0.2) is 0 Å². The molecule has 2 fully saturated rings. The molecular formula is C24H27N3O2. The molecule has 0 radical (unpaired) electrons. The maximum absolute atomic E-state index is 12.5. The summed E-state index contributed by atoms with van der Waals surface area (Å²) < 4.78 is 6.18. The van der Waals surface area contributed by atoms with Crippen LogP contribution in [0.1, 0.15) is 48.5 Å². The molecule has 5 nitrogen and oxygen atoms in total. The lowest BCUT2D eigenvalue weighted by Gasteiger charge is -2.35. The van der Waals surface area contributed by atoms with Crippen LogP contribution in [0, 0.1) is 6.92 Å². The lowest BCUT2D eigenvalue weighted by atomic mass is 9.79. The van der Waals surface area contributed by atoms with Crippen LogP contribution in [-0.2, 0) is 11.3 Å². The van der Waals surface area contributed by atoms with Crippen molar-refractivity contribution in [1.29, 1.82) is 0 Å². The first kappa shape index (κ1) is 18.4. The van der Waals surface area contributed by atoms with Crippen molar-refractivity contribution in [2.45, 2.75) is 50.6 Å². The number of nitrogens with one attached hydrogen (secondary N) is 1. The van der Waals surface area contributed by atoms with Gasteiger partial charge < -0.3 is 9.73 Å². The number of rotatable bonds is 3. The van der Waals surface area contributed by atoms with Crippen LogP contribution >= 0.6 is 0 Å². The summed E-state index contributed by atoms with van der Waals surface area (Å²) in [6.45, 7) is 4.63. The van der Waals surface area contributed by atoms with E-state index in [0.29, 0.717) is 6.42 Å². The quantitative estimate of drug-likeness (QED) is 0.731. The van der Waals surface area contributed by atoms with Crippen molar-refractivity contribution in [2.24, 2.45) is 0 Å². The fraction of sp³-hybridized carbons (Fsp3) is 0.417. The summed E-state index contributed by atoms with van der Waals surface area (Å²) in [7, 11) is 0. The number of para-hydroxylation sites is 1. The molecule has 150 valence electrons. The third kappa shape index (κ3) is 3.33. The predicted molar refractivity (Wildman–Crippen MR) is 113 cm³/mol. The Morgan fingerprint density at radius 3 is 2.97 bits per heavy atom. The molecule has 3 aromatic rings. The van der Waals surface area contributed by atoms with Crippen LogP contribution in [0.4, 0.5) is 0 Å². The van der Waals surface area contributed by atoms with Crippen LogP contribution in [0.25, 0.3) is 11.0 Å². The van der Waals surface area contributed by atoms with E-state index in [-0.39, 0.29) is 17.4 Å². The van der Waals surface area contributed by atoms with Gasteiger partial charge in [-0.05, 0) is 43.0 Å². The van der Waals surface area contributed by atoms with Crippen molar-refractivity contribution in [3.05, 3.63) is 65.7 Å². The second-order valence-corrected chi connectivity index (χ2v) is 8.57. The third-order valence-electron chi connectivity index (χ3n) is 6.68. The Hall–Kier alpha value is -2.66. The maximum Gasteiger partial charge on any atom is 0.220 e. The van der Waals surface area contributed by atoms with Gasteiger partial charge in [-0.3, -0.25) is 14.7 Å². The van der Waals surface area contributed by atoms with Gasteiger partial charge in [0.2, 0.25) is 5.91 Å². The highest BCUT2D eigenvalue weighted by Gasteiger charge is 2.48. The number of amides is 1. The van der Waals surface area contributed by atoms with E-state index in [1.165, 1.54) is 16.5 Å². The van der Waals surface area contributed by atoms with E-state index in [4.69, 9.17) is 4.42 Å². The molecule has 29 heavy (non-hydrogen) atoms. The molecule has 1 N–H and O–H groups in total. The minimum absolute atomic E-state index is 0.179. The fourth-order valence-corrected chi connectivity index (χ4v) is 5.22. The Balaban J connectivity index is 1.47. The number of carbonyl (C=O) groups excluding carboxylic acids is 1. The van der Waals surface area contributed by atoms with Crippen LogP contribution in [0.15, 0.2) is 53.2 Å². The van der Waals surface area contributed by atoms with Crippen molar-refractivity contribution in [3.8, 4) is 0 Å². The van der Waals surface area contributed by atoms with Gasteiger partial charge in [0.25, 0.3) is 0 Å². The van der Waals surface area contributed by atoms with Crippen LogP contribution in [-0.4, -0.2) is 34.4 Å². The number of pyridine rings is 1. The molecule has 5 heteroatoms. The average Bonchev–Trinajstić information content (AvgIpc) is 3.16. The van der Waals surface area contributed by atoms with E-state index in [2.05, 4.69) is 40.3 Å². The zero-order valence-corrected chi connectivity index (χ0v) is 16.9. The first-order chi connectivity index (χ1) is 14.1. The number of aromatic nitrogens is 1. The fourth-order valence-electron chi connectivity index (χ4n) is 5.22. The van der Waals surface area contributed by atoms with Crippen molar-refractivity contribution in [1.82, 2.24) is 15.2 Å². The molecule has 0 saturated carbocycles. The Morgan fingerprint density at radius 2 is 2.14 bits per heavy atom. The van der Waals surface area contributed by atoms with Crippen molar-refractivity contribution < 1.29 is 9.21 Å². The van der Waals surface area contributed by atoms with Crippen molar-refractivity contribution in [2.75, 3.05) is 13.1 Å². The molecule has 1 amide bonds. The molecule has 1 aromatic carbocycles. The maximum atomic E-state index is 12.5. The molecule has 2 aliphatic heterocycles. The Bertz CT molecular complexity index is 1030.